The molecule has 5 heteroatoms. The van der Waals surface area contributed by atoms with Crippen LogP contribution in [0.25, 0.3) is 16.9 Å². The van der Waals surface area contributed by atoms with E-state index >= 15 is 0 Å². The molecule has 3 aromatic rings. The van der Waals surface area contributed by atoms with Gasteiger partial charge in [-0.3, -0.25) is 4.40 Å². The summed E-state index contributed by atoms with van der Waals surface area (Å²) in [5.74, 6) is 0.221. The highest BCUT2D eigenvalue weighted by Gasteiger charge is 2.13. The summed E-state index contributed by atoms with van der Waals surface area (Å²) in [5.41, 5.74) is 9.05. The number of imidazole rings is 1. The zero-order valence-corrected chi connectivity index (χ0v) is 10.9. The predicted molar refractivity (Wildman–Crippen MR) is 74.7 cm³/mol. The number of rotatable bonds is 1. The van der Waals surface area contributed by atoms with E-state index in [1.807, 2.05) is 6.92 Å². The third-order valence-electron chi connectivity index (χ3n) is 3.06. The Morgan fingerprint density at radius 1 is 1.26 bits per heavy atom. The molecule has 0 fully saturated rings. The summed E-state index contributed by atoms with van der Waals surface area (Å²) < 4.78 is 14.9. The van der Waals surface area contributed by atoms with E-state index in [1.54, 1.807) is 28.8 Å². The van der Waals surface area contributed by atoms with Gasteiger partial charge in [-0.1, -0.05) is 11.6 Å². The maximum Gasteiger partial charge on any atom is 0.139 e. The second-order valence-corrected chi connectivity index (χ2v) is 4.82. The molecule has 96 valence electrons. The summed E-state index contributed by atoms with van der Waals surface area (Å²) in [6.07, 6.45) is 1.71. The van der Waals surface area contributed by atoms with Gasteiger partial charge < -0.3 is 5.73 Å². The third-order valence-corrected chi connectivity index (χ3v) is 3.29. The van der Waals surface area contributed by atoms with Crippen LogP contribution in [0.15, 0.2) is 36.5 Å². The Labute approximate surface area is 114 Å². The Kier molecular flexibility index (Phi) is 2.68. The third kappa shape index (κ3) is 1.94. The van der Waals surface area contributed by atoms with Gasteiger partial charge in [0.15, 0.2) is 0 Å². The van der Waals surface area contributed by atoms with Crippen molar-refractivity contribution in [3.8, 4) is 11.3 Å². The van der Waals surface area contributed by atoms with E-state index in [-0.39, 0.29) is 5.82 Å². The molecule has 0 aliphatic carbocycles. The van der Waals surface area contributed by atoms with E-state index in [9.17, 15) is 4.39 Å². The van der Waals surface area contributed by atoms with Crippen molar-refractivity contribution in [2.75, 3.05) is 5.73 Å². The van der Waals surface area contributed by atoms with Crippen molar-refractivity contribution in [1.82, 2.24) is 9.38 Å². The van der Waals surface area contributed by atoms with Crippen LogP contribution >= 0.6 is 11.6 Å². The van der Waals surface area contributed by atoms with Crippen LogP contribution in [0, 0.1) is 12.7 Å². The zero-order valence-electron chi connectivity index (χ0n) is 10.2. The summed E-state index contributed by atoms with van der Waals surface area (Å²) in [6.45, 7) is 1.83. The SMILES string of the molecule is Cc1cc(F)ccc1-c1nc2ccc(Cl)cn2c1N. The lowest BCUT2D eigenvalue weighted by atomic mass is 10.1. The summed E-state index contributed by atoms with van der Waals surface area (Å²) >= 11 is 5.94. The van der Waals surface area contributed by atoms with Crippen LogP contribution in [-0.2, 0) is 0 Å². The molecule has 0 atom stereocenters. The monoisotopic (exact) mass is 275 g/mol. The highest BCUT2D eigenvalue weighted by atomic mass is 35.5. The molecule has 2 heterocycles. The highest BCUT2D eigenvalue weighted by molar-refractivity contribution is 6.30. The number of nitrogen functional groups attached to an aromatic ring is 1. The minimum atomic E-state index is -0.272. The van der Waals surface area contributed by atoms with Gasteiger partial charge in [-0.15, -0.1) is 0 Å². The number of halogens is 2. The Morgan fingerprint density at radius 3 is 2.79 bits per heavy atom. The molecule has 0 amide bonds. The molecule has 3 rings (SSSR count). The van der Waals surface area contributed by atoms with Crippen molar-refractivity contribution in [2.24, 2.45) is 0 Å². The molecule has 19 heavy (non-hydrogen) atoms. The van der Waals surface area contributed by atoms with Gasteiger partial charge in [0.2, 0.25) is 0 Å². The fourth-order valence-electron chi connectivity index (χ4n) is 2.13. The number of aryl methyl sites for hydroxylation is 1. The van der Waals surface area contributed by atoms with E-state index < -0.39 is 0 Å². The number of fused-ring (bicyclic) bond motifs is 1. The molecular weight excluding hydrogens is 265 g/mol. The van der Waals surface area contributed by atoms with Gasteiger partial charge >= 0.3 is 0 Å². The molecule has 1 aromatic carbocycles. The highest BCUT2D eigenvalue weighted by Crippen LogP contribution is 2.30. The van der Waals surface area contributed by atoms with Gasteiger partial charge in [0, 0.05) is 11.8 Å². The quantitative estimate of drug-likeness (QED) is 0.736. The normalized spacial score (nSPS) is 11.1. The fraction of sp³-hybridized carbons (Fsp3) is 0.0714. The lowest BCUT2D eigenvalue weighted by molar-refractivity contribution is 0.627. The fourth-order valence-corrected chi connectivity index (χ4v) is 2.29. The van der Waals surface area contributed by atoms with Crippen molar-refractivity contribution in [3.05, 3.63) is 52.9 Å². The molecule has 0 bridgehead atoms. The molecule has 0 aliphatic rings. The number of nitrogens with two attached hydrogens (primary N) is 1. The largest absolute Gasteiger partial charge is 0.383 e. The van der Waals surface area contributed by atoms with E-state index in [1.165, 1.54) is 12.1 Å². The summed E-state index contributed by atoms with van der Waals surface area (Å²) in [7, 11) is 0. The molecule has 2 N–H and O–H groups in total. The first-order valence-corrected chi connectivity index (χ1v) is 6.13. The van der Waals surface area contributed by atoms with E-state index in [2.05, 4.69) is 4.98 Å². The van der Waals surface area contributed by atoms with E-state index in [0.29, 0.717) is 22.2 Å². The first-order valence-electron chi connectivity index (χ1n) is 5.76. The number of aromatic nitrogens is 2. The van der Waals surface area contributed by atoms with Crippen LogP contribution in [0.5, 0.6) is 0 Å². The average molecular weight is 276 g/mol. The first kappa shape index (κ1) is 12.0. The zero-order chi connectivity index (χ0) is 13.6. The van der Waals surface area contributed by atoms with Crippen molar-refractivity contribution in [2.45, 2.75) is 6.92 Å². The van der Waals surface area contributed by atoms with Gasteiger partial charge in [-0.25, -0.2) is 9.37 Å². The maximum absolute atomic E-state index is 13.1. The topological polar surface area (TPSA) is 43.3 Å². The smallest absolute Gasteiger partial charge is 0.139 e. The second kappa shape index (κ2) is 4.24. The molecular formula is C14H11ClFN3. The van der Waals surface area contributed by atoms with Crippen LogP contribution < -0.4 is 5.73 Å². The second-order valence-electron chi connectivity index (χ2n) is 4.38. The molecule has 0 aliphatic heterocycles. The van der Waals surface area contributed by atoms with Crippen molar-refractivity contribution in [1.29, 1.82) is 0 Å². The van der Waals surface area contributed by atoms with Crippen molar-refractivity contribution >= 4 is 23.1 Å². The Morgan fingerprint density at radius 2 is 2.05 bits per heavy atom. The molecule has 2 aromatic heterocycles. The number of nitrogens with zero attached hydrogens (tertiary/aromatic N) is 2. The minimum Gasteiger partial charge on any atom is -0.383 e. The number of hydrogen-bond donors (Lipinski definition) is 1. The molecule has 0 unspecified atom stereocenters. The lowest BCUT2D eigenvalue weighted by Gasteiger charge is -2.04. The van der Waals surface area contributed by atoms with Crippen molar-refractivity contribution < 1.29 is 4.39 Å². The number of hydrogen-bond acceptors (Lipinski definition) is 2. The van der Waals surface area contributed by atoms with Gasteiger partial charge in [0.1, 0.15) is 23.0 Å². The standard InChI is InChI=1S/C14H11ClFN3/c1-8-6-10(16)3-4-11(8)13-14(17)19-7-9(15)2-5-12(19)18-13/h2-7H,17H2,1H3. The maximum atomic E-state index is 13.1. The Hall–Kier alpha value is -2.07. The first-order chi connectivity index (χ1) is 9.06. The van der Waals surface area contributed by atoms with E-state index in [4.69, 9.17) is 17.3 Å². The summed E-state index contributed by atoms with van der Waals surface area (Å²) in [4.78, 5) is 4.47. The van der Waals surface area contributed by atoms with Crippen molar-refractivity contribution in [3.63, 3.8) is 0 Å². The van der Waals surface area contributed by atoms with Gasteiger partial charge in [0.05, 0.1) is 5.02 Å². The van der Waals surface area contributed by atoms with Crippen LogP contribution in [-0.4, -0.2) is 9.38 Å². The van der Waals surface area contributed by atoms with E-state index in [0.717, 1.165) is 11.1 Å². The lowest BCUT2D eigenvalue weighted by Crippen LogP contribution is -1.95. The average Bonchev–Trinajstić information content (AvgIpc) is 2.67. The molecule has 3 nitrogen and oxygen atoms in total. The molecule has 0 spiro atoms. The number of anilines is 1. The van der Waals surface area contributed by atoms with Crippen LogP contribution in [0.3, 0.4) is 0 Å². The Bertz CT molecular complexity index is 780. The van der Waals surface area contributed by atoms with Crippen LogP contribution in [0.1, 0.15) is 5.56 Å². The molecule has 0 saturated heterocycles. The van der Waals surface area contributed by atoms with Gasteiger partial charge in [-0.05, 0) is 42.8 Å². The molecule has 0 radical (unpaired) electrons. The summed E-state index contributed by atoms with van der Waals surface area (Å²) in [5, 5.41) is 0.582. The minimum absolute atomic E-state index is 0.272. The number of pyridine rings is 1. The van der Waals surface area contributed by atoms with Crippen LogP contribution in [0.4, 0.5) is 10.2 Å². The Balaban J connectivity index is 2.28. The summed E-state index contributed by atoms with van der Waals surface area (Å²) in [6, 6.07) is 8.10. The molecule has 0 saturated carbocycles. The van der Waals surface area contributed by atoms with Gasteiger partial charge in [-0.2, -0.15) is 0 Å². The van der Waals surface area contributed by atoms with Crippen LogP contribution in [0.2, 0.25) is 5.02 Å². The predicted octanol–water partition coefficient (Wildman–Crippen LogP) is 3.68. The van der Waals surface area contributed by atoms with Gasteiger partial charge in [0.25, 0.3) is 0 Å². The number of benzene rings is 1.